The summed E-state index contributed by atoms with van der Waals surface area (Å²) in [5.74, 6) is 2.02. The van der Waals surface area contributed by atoms with Gasteiger partial charge in [0.1, 0.15) is 0 Å². The first-order chi connectivity index (χ1) is 6.55. The normalized spacial score (nSPS) is 29.1. The third-order valence-corrected chi connectivity index (χ3v) is 3.95. The van der Waals surface area contributed by atoms with Crippen molar-refractivity contribution >= 4 is 0 Å². The minimum atomic E-state index is 0.541. The van der Waals surface area contributed by atoms with Crippen LogP contribution < -0.4 is 0 Å². The van der Waals surface area contributed by atoms with Crippen LogP contribution in [0.3, 0.4) is 0 Å². The second-order valence-corrected chi connectivity index (χ2v) is 6.16. The van der Waals surface area contributed by atoms with E-state index in [1.54, 1.807) is 0 Å². The second kappa shape index (κ2) is 5.19. The average Bonchev–Trinajstić information content (AvgIpc) is 2.14. The largest absolute Gasteiger partial charge is 0.0654 e. The predicted molar refractivity (Wildman–Crippen MR) is 64.4 cm³/mol. The van der Waals surface area contributed by atoms with Crippen LogP contribution in [0.4, 0.5) is 0 Å². The van der Waals surface area contributed by atoms with Crippen LogP contribution >= 0.6 is 0 Å². The molecule has 0 saturated heterocycles. The van der Waals surface area contributed by atoms with Gasteiger partial charge in [-0.3, -0.25) is 0 Å². The Kier molecular flexibility index (Phi) is 4.47. The van der Waals surface area contributed by atoms with Gasteiger partial charge in [0.2, 0.25) is 0 Å². The van der Waals surface area contributed by atoms with Crippen LogP contribution in [-0.4, -0.2) is 0 Å². The van der Waals surface area contributed by atoms with Crippen molar-refractivity contribution in [3.63, 3.8) is 0 Å². The maximum Gasteiger partial charge on any atom is -0.0337 e. The molecule has 2 unspecified atom stereocenters. The summed E-state index contributed by atoms with van der Waals surface area (Å²) in [6, 6.07) is 0. The van der Waals surface area contributed by atoms with Gasteiger partial charge in [-0.2, -0.15) is 0 Å². The van der Waals surface area contributed by atoms with Gasteiger partial charge in [0.25, 0.3) is 0 Å². The van der Waals surface area contributed by atoms with E-state index in [1.165, 1.54) is 44.9 Å². The Balaban J connectivity index is 2.50. The number of unbranched alkanes of at least 4 members (excludes halogenated alkanes) is 1. The molecule has 1 aliphatic rings. The predicted octanol–water partition coefficient (Wildman–Crippen LogP) is 5.03. The van der Waals surface area contributed by atoms with Crippen LogP contribution in [0.2, 0.25) is 0 Å². The molecule has 0 N–H and O–H groups in total. The maximum absolute atomic E-state index is 2.43. The van der Waals surface area contributed by atoms with Crippen molar-refractivity contribution in [1.29, 1.82) is 0 Å². The van der Waals surface area contributed by atoms with E-state index in [0.29, 0.717) is 5.41 Å². The lowest BCUT2D eigenvalue weighted by Crippen LogP contribution is -2.31. The highest BCUT2D eigenvalue weighted by Gasteiger charge is 2.33. The summed E-state index contributed by atoms with van der Waals surface area (Å²) >= 11 is 0. The van der Waals surface area contributed by atoms with Gasteiger partial charge >= 0.3 is 0 Å². The van der Waals surface area contributed by atoms with Crippen LogP contribution in [0.25, 0.3) is 0 Å². The first-order valence-corrected chi connectivity index (χ1v) is 6.55. The summed E-state index contributed by atoms with van der Waals surface area (Å²) in [5, 5.41) is 0. The Labute approximate surface area is 90.5 Å². The molecule has 84 valence electrons. The SMILES string of the molecule is CCCCC1CCCCC1C(C)(C)C. The van der Waals surface area contributed by atoms with Crippen molar-refractivity contribution in [2.24, 2.45) is 17.3 Å². The van der Waals surface area contributed by atoms with Crippen LogP contribution in [0.1, 0.15) is 72.6 Å². The van der Waals surface area contributed by atoms with E-state index in [4.69, 9.17) is 0 Å². The lowest BCUT2D eigenvalue weighted by Gasteiger charge is -2.40. The molecule has 0 heterocycles. The van der Waals surface area contributed by atoms with Gasteiger partial charge < -0.3 is 0 Å². The quantitative estimate of drug-likeness (QED) is 0.594. The fourth-order valence-electron chi connectivity index (χ4n) is 3.16. The van der Waals surface area contributed by atoms with Crippen molar-refractivity contribution in [3.05, 3.63) is 0 Å². The fourth-order valence-corrected chi connectivity index (χ4v) is 3.16. The highest BCUT2D eigenvalue weighted by atomic mass is 14.4. The molecule has 14 heavy (non-hydrogen) atoms. The van der Waals surface area contributed by atoms with Crippen LogP contribution in [0.15, 0.2) is 0 Å². The van der Waals surface area contributed by atoms with E-state index in [9.17, 15) is 0 Å². The molecule has 2 atom stereocenters. The fraction of sp³-hybridized carbons (Fsp3) is 1.00. The van der Waals surface area contributed by atoms with E-state index in [1.807, 2.05) is 0 Å². The Morgan fingerprint density at radius 1 is 1.07 bits per heavy atom. The third kappa shape index (κ3) is 3.29. The van der Waals surface area contributed by atoms with E-state index >= 15 is 0 Å². The Bertz CT molecular complexity index is 152. The number of rotatable bonds is 3. The van der Waals surface area contributed by atoms with Crippen molar-refractivity contribution in [2.75, 3.05) is 0 Å². The summed E-state index contributed by atoms with van der Waals surface area (Å²) in [7, 11) is 0. The molecule has 0 aromatic carbocycles. The summed E-state index contributed by atoms with van der Waals surface area (Å²) < 4.78 is 0. The van der Waals surface area contributed by atoms with Gasteiger partial charge in [0, 0.05) is 0 Å². The topological polar surface area (TPSA) is 0 Å². The summed E-state index contributed by atoms with van der Waals surface area (Å²) in [6.07, 6.45) is 10.2. The second-order valence-electron chi connectivity index (χ2n) is 6.16. The van der Waals surface area contributed by atoms with Gasteiger partial charge in [0.05, 0.1) is 0 Å². The van der Waals surface area contributed by atoms with Crippen molar-refractivity contribution < 1.29 is 0 Å². The van der Waals surface area contributed by atoms with Gasteiger partial charge in [-0.05, 0) is 23.7 Å². The molecule has 0 aliphatic heterocycles. The lowest BCUT2D eigenvalue weighted by atomic mass is 9.65. The summed E-state index contributed by atoms with van der Waals surface area (Å²) in [6.45, 7) is 9.61. The highest BCUT2D eigenvalue weighted by Crippen LogP contribution is 2.43. The van der Waals surface area contributed by atoms with Crippen molar-refractivity contribution in [2.45, 2.75) is 72.6 Å². The molecule has 1 fully saturated rings. The molecule has 0 spiro atoms. The van der Waals surface area contributed by atoms with E-state index < -0.39 is 0 Å². The standard InChI is InChI=1S/C14H28/c1-5-6-9-12-10-7-8-11-13(12)14(2,3)4/h12-13H,5-11H2,1-4H3. The molecule has 0 nitrogen and oxygen atoms in total. The third-order valence-electron chi connectivity index (χ3n) is 3.95. The maximum atomic E-state index is 2.43. The molecular weight excluding hydrogens is 168 g/mol. The van der Waals surface area contributed by atoms with Gasteiger partial charge in [0.15, 0.2) is 0 Å². The Morgan fingerprint density at radius 2 is 1.71 bits per heavy atom. The van der Waals surface area contributed by atoms with E-state index in [0.717, 1.165) is 11.8 Å². The molecule has 0 radical (unpaired) electrons. The van der Waals surface area contributed by atoms with Crippen LogP contribution in [0.5, 0.6) is 0 Å². The first kappa shape index (κ1) is 12.1. The molecule has 0 amide bonds. The summed E-state index contributed by atoms with van der Waals surface area (Å²) in [5.41, 5.74) is 0.541. The lowest BCUT2D eigenvalue weighted by molar-refractivity contribution is 0.0999. The molecule has 1 saturated carbocycles. The minimum absolute atomic E-state index is 0.541. The van der Waals surface area contributed by atoms with E-state index in [-0.39, 0.29) is 0 Å². The molecule has 1 rings (SSSR count). The average molecular weight is 196 g/mol. The number of hydrogen-bond acceptors (Lipinski definition) is 0. The van der Waals surface area contributed by atoms with Crippen LogP contribution in [-0.2, 0) is 0 Å². The zero-order valence-electron chi connectivity index (χ0n) is 10.6. The molecule has 0 heteroatoms. The molecular formula is C14H28. The molecule has 0 aromatic rings. The van der Waals surface area contributed by atoms with Crippen LogP contribution in [0, 0.1) is 17.3 Å². The highest BCUT2D eigenvalue weighted by molar-refractivity contribution is 4.83. The number of hydrogen-bond donors (Lipinski definition) is 0. The minimum Gasteiger partial charge on any atom is -0.0654 e. The molecule has 0 aromatic heterocycles. The van der Waals surface area contributed by atoms with Crippen molar-refractivity contribution in [1.82, 2.24) is 0 Å². The first-order valence-electron chi connectivity index (χ1n) is 6.55. The monoisotopic (exact) mass is 196 g/mol. The van der Waals surface area contributed by atoms with Gasteiger partial charge in [-0.25, -0.2) is 0 Å². The molecule has 0 bridgehead atoms. The van der Waals surface area contributed by atoms with Gasteiger partial charge in [-0.1, -0.05) is 66.2 Å². The Morgan fingerprint density at radius 3 is 2.29 bits per heavy atom. The van der Waals surface area contributed by atoms with Gasteiger partial charge in [-0.15, -0.1) is 0 Å². The van der Waals surface area contributed by atoms with E-state index in [2.05, 4.69) is 27.7 Å². The Hall–Kier alpha value is 0. The summed E-state index contributed by atoms with van der Waals surface area (Å²) in [4.78, 5) is 0. The zero-order chi connectivity index (χ0) is 10.6. The smallest absolute Gasteiger partial charge is 0.0337 e. The molecule has 1 aliphatic carbocycles. The zero-order valence-corrected chi connectivity index (χ0v) is 10.6. The van der Waals surface area contributed by atoms with Crippen molar-refractivity contribution in [3.8, 4) is 0 Å².